The molecule has 1 aliphatic rings. The summed E-state index contributed by atoms with van der Waals surface area (Å²) in [6.45, 7) is 4.81. The van der Waals surface area contributed by atoms with E-state index in [1.165, 1.54) is 19.1 Å². The van der Waals surface area contributed by atoms with Gasteiger partial charge in [-0.3, -0.25) is 43.2 Å². The Bertz CT molecular complexity index is 1840. The van der Waals surface area contributed by atoms with Gasteiger partial charge in [-0.25, -0.2) is 4.79 Å². The Hall–Kier alpha value is -5.80. The molecule has 1 heterocycles. The first-order valence-electron chi connectivity index (χ1n) is 22.6. The molecular formula is C45H70N8O13. The number of aliphatic hydroxyl groups is 1. The van der Waals surface area contributed by atoms with Gasteiger partial charge in [0.05, 0.1) is 18.2 Å². The molecule has 1 aromatic carbocycles. The van der Waals surface area contributed by atoms with Crippen molar-refractivity contribution in [3.05, 3.63) is 29.8 Å². The molecule has 0 aliphatic carbocycles. The molecule has 8 atom stereocenters. The van der Waals surface area contributed by atoms with Crippen LogP contribution in [0.25, 0.3) is 0 Å². The summed E-state index contributed by atoms with van der Waals surface area (Å²) in [5.74, 6) is -10.3. The number of aliphatic carboxylic acids is 1. The molecule has 1 aliphatic heterocycles. The molecule has 21 heteroatoms. The van der Waals surface area contributed by atoms with Crippen LogP contribution in [0, 0.1) is 17.8 Å². The number of nitrogens with one attached hydrogen (secondary N) is 5. The van der Waals surface area contributed by atoms with Crippen LogP contribution in [0.4, 0.5) is 0 Å². The third-order valence-electron chi connectivity index (χ3n) is 11.3. The number of phenols is 1. The summed E-state index contributed by atoms with van der Waals surface area (Å²) in [7, 11) is 0. The summed E-state index contributed by atoms with van der Waals surface area (Å²) < 4.78 is 0. The quantitative estimate of drug-likeness (QED) is 0.0679. The van der Waals surface area contributed by atoms with Crippen molar-refractivity contribution in [1.29, 1.82) is 0 Å². The van der Waals surface area contributed by atoms with Gasteiger partial charge in [-0.1, -0.05) is 32.4 Å². The van der Waals surface area contributed by atoms with Crippen molar-refractivity contribution in [3.8, 4) is 5.75 Å². The number of rotatable bonds is 21. The number of nitrogens with two attached hydrogens (primary N) is 3. The van der Waals surface area contributed by atoms with E-state index in [4.69, 9.17) is 17.2 Å². The summed E-state index contributed by atoms with van der Waals surface area (Å²) in [4.78, 5) is 132. The first-order valence-corrected chi connectivity index (χ1v) is 22.6. The predicted octanol–water partition coefficient (Wildman–Crippen LogP) is -0.702. The Morgan fingerprint density at radius 2 is 1.52 bits per heavy atom. The highest BCUT2D eigenvalue weighted by atomic mass is 16.4. The average molecular weight is 931 g/mol. The second-order valence-electron chi connectivity index (χ2n) is 17.4. The van der Waals surface area contributed by atoms with Crippen LogP contribution >= 0.6 is 0 Å². The fraction of sp³-hybridized carbons (Fsp3) is 0.644. The van der Waals surface area contributed by atoms with E-state index < -0.39 is 120 Å². The maximum absolute atomic E-state index is 14.3. The molecule has 21 nitrogen and oxygen atoms in total. The van der Waals surface area contributed by atoms with E-state index in [1.54, 1.807) is 26.0 Å². The van der Waals surface area contributed by atoms with E-state index in [2.05, 4.69) is 26.6 Å². The summed E-state index contributed by atoms with van der Waals surface area (Å²) in [5.41, 5.74) is 17.5. The molecule has 14 N–H and O–H groups in total. The van der Waals surface area contributed by atoms with Crippen LogP contribution in [0.1, 0.15) is 116 Å². The number of aliphatic hydroxyl groups excluding tert-OH is 1. The lowest BCUT2D eigenvalue weighted by Gasteiger charge is -2.28. The van der Waals surface area contributed by atoms with Crippen molar-refractivity contribution < 1.29 is 63.3 Å². The maximum atomic E-state index is 14.3. The minimum atomic E-state index is -1.69. The molecule has 0 radical (unpaired) electrons. The number of ketones is 3. The first-order chi connectivity index (χ1) is 31.1. The van der Waals surface area contributed by atoms with Crippen LogP contribution in [0.3, 0.4) is 0 Å². The Labute approximate surface area is 384 Å². The molecule has 66 heavy (non-hydrogen) atoms. The van der Waals surface area contributed by atoms with Gasteiger partial charge in [0, 0.05) is 56.9 Å². The number of hydrogen-bond donors (Lipinski definition) is 11. The zero-order chi connectivity index (χ0) is 49.5. The topological polar surface area (TPSA) is 370 Å². The van der Waals surface area contributed by atoms with E-state index in [1.807, 2.05) is 0 Å². The molecule has 0 aromatic heterocycles. The Kier molecular flexibility index (Phi) is 24.7. The molecule has 1 aromatic rings. The van der Waals surface area contributed by atoms with Gasteiger partial charge in [0.2, 0.25) is 35.4 Å². The van der Waals surface area contributed by atoms with Gasteiger partial charge >= 0.3 is 5.97 Å². The van der Waals surface area contributed by atoms with Crippen LogP contribution < -0.4 is 43.8 Å². The second kappa shape index (κ2) is 29.0. The lowest BCUT2D eigenvalue weighted by atomic mass is 9.88. The molecule has 368 valence electrons. The highest BCUT2D eigenvalue weighted by Crippen LogP contribution is 2.21. The van der Waals surface area contributed by atoms with Crippen molar-refractivity contribution >= 4 is 58.8 Å². The van der Waals surface area contributed by atoms with E-state index in [-0.39, 0.29) is 81.9 Å². The van der Waals surface area contributed by atoms with Gasteiger partial charge in [-0.05, 0) is 88.4 Å². The van der Waals surface area contributed by atoms with Crippen molar-refractivity contribution in [2.45, 2.75) is 153 Å². The van der Waals surface area contributed by atoms with Gasteiger partial charge in [0.15, 0.2) is 11.6 Å². The minimum absolute atomic E-state index is 0.00247. The average Bonchev–Trinajstić information content (AvgIpc) is 3.24. The number of Topliss-reactive ketones (excluding diaryl/α,β-unsaturated/α-hetero) is 3. The Morgan fingerprint density at radius 3 is 2.12 bits per heavy atom. The number of carboxylic acid groups (broad SMARTS) is 1. The first kappa shape index (κ1) is 56.3. The van der Waals surface area contributed by atoms with Gasteiger partial charge in [-0.15, -0.1) is 0 Å². The highest BCUT2D eigenvalue weighted by molar-refractivity contribution is 5.97. The van der Waals surface area contributed by atoms with E-state index >= 15 is 0 Å². The fourth-order valence-corrected chi connectivity index (χ4v) is 7.39. The number of aromatic hydroxyl groups is 1. The zero-order valence-electron chi connectivity index (χ0n) is 38.2. The molecule has 1 saturated heterocycles. The molecule has 6 amide bonds. The van der Waals surface area contributed by atoms with Crippen LogP contribution in [0.2, 0.25) is 0 Å². The summed E-state index contributed by atoms with van der Waals surface area (Å²) in [5, 5.41) is 43.1. The molecule has 0 saturated carbocycles. The minimum Gasteiger partial charge on any atom is -0.508 e. The number of benzene rings is 1. The highest BCUT2D eigenvalue weighted by Gasteiger charge is 2.36. The van der Waals surface area contributed by atoms with Crippen molar-refractivity contribution in [2.75, 3.05) is 13.1 Å². The molecule has 0 spiro atoms. The number of amides is 6. The summed E-state index contributed by atoms with van der Waals surface area (Å²) in [6.07, 6.45) is -1.55. The van der Waals surface area contributed by atoms with Crippen LogP contribution in [-0.2, 0) is 54.4 Å². The molecule has 1 fully saturated rings. The Morgan fingerprint density at radius 1 is 0.833 bits per heavy atom. The fourth-order valence-electron chi connectivity index (χ4n) is 7.39. The number of carbonyl (C=O) groups is 10. The van der Waals surface area contributed by atoms with E-state index in [0.717, 1.165) is 0 Å². The number of carbonyl (C=O) groups excluding carboxylic acids is 9. The third kappa shape index (κ3) is 20.6. The SMILES string of the molecule is CC(C)[C@H](NC(=O)[C@@H]1CCC(=O)CCCC(=O)NCCCC[C@H](CC(=O)[C@H](CCCCN)NC(=O)[C@@H](CC(=O)[C@@H](N)CC(N)=O)Cc2ccc(O)cc2)C(=O)N[C@@H](C(C)O)C(=O)N1)C(=O)O. The van der Waals surface area contributed by atoms with Gasteiger partial charge in [0.25, 0.3) is 0 Å². The zero-order valence-corrected chi connectivity index (χ0v) is 38.2. The van der Waals surface area contributed by atoms with Crippen LogP contribution in [0.15, 0.2) is 24.3 Å². The van der Waals surface area contributed by atoms with E-state index in [0.29, 0.717) is 31.2 Å². The number of primary amides is 1. The molecule has 0 bridgehead atoms. The lowest BCUT2D eigenvalue weighted by molar-refractivity contribution is -0.144. The predicted molar refractivity (Wildman–Crippen MR) is 240 cm³/mol. The number of phenolic OH excluding ortho intramolecular Hbond substituents is 1. The normalized spacial score (nSPS) is 20.6. The maximum Gasteiger partial charge on any atom is 0.326 e. The summed E-state index contributed by atoms with van der Waals surface area (Å²) in [6, 6.07) is -1.10. The van der Waals surface area contributed by atoms with Crippen molar-refractivity contribution in [1.82, 2.24) is 26.6 Å². The Balaban J connectivity index is 2.49. The lowest BCUT2D eigenvalue weighted by Crippen LogP contribution is -2.59. The van der Waals surface area contributed by atoms with Gasteiger partial charge in [0.1, 0.15) is 29.7 Å². The largest absolute Gasteiger partial charge is 0.508 e. The molecular weight excluding hydrogens is 861 g/mol. The van der Waals surface area contributed by atoms with Crippen molar-refractivity contribution in [3.63, 3.8) is 0 Å². The number of hydrogen-bond acceptors (Lipinski definition) is 14. The molecule has 2 rings (SSSR count). The van der Waals surface area contributed by atoms with Crippen LogP contribution in [-0.4, -0.2) is 123 Å². The van der Waals surface area contributed by atoms with Gasteiger partial charge in [-0.2, -0.15) is 0 Å². The smallest absolute Gasteiger partial charge is 0.326 e. The van der Waals surface area contributed by atoms with Gasteiger partial charge < -0.3 is 59.1 Å². The standard InChI is InChI=1S/C45H70N8O13/c1-25(2)39(45(65)66)52-43(63)34-18-17-30(55)10-8-12-38(60)49-20-7-5-9-28(41(61)53-40(26(3)54)44(64)51-34)22-36(58)33(11-4-6-19-46)50-42(62)29(21-27-13-15-31(56)16-14-27)23-35(57)32(47)24-37(48)59/h13-16,25-26,28-29,32-34,39-40,54,56H,4-12,17-24,46-47H2,1-3H3,(H2,48,59)(H,49,60)(H,50,62)(H,51,64)(H,52,63)(H,53,61)(H,65,66)/t26?,28-,29-,32+,33+,34+,39+,40+/m1/s1. The number of carboxylic acids is 1. The number of unbranched alkanes of at least 4 members (excludes halogenated alkanes) is 1. The van der Waals surface area contributed by atoms with E-state index in [9.17, 15) is 63.3 Å². The summed E-state index contributed by atoms with van der Waals surface area (Å²) >= 11 is 0. The third-order valence-corrected chi connectivity index (χ3v) is 11.3. The monoisotopic (exact) mass is 931 g/mol. The molecule has 1 unspecified atom stereocenters. The van der Waals surface area contributed by atoms with Crippen molar-refractivity contribution in [2.24, 2.45) is 35.0 Å². The second-order valence-corrected chi connectivity index (χ2v) is 17.4. The van der Waals surface area contributed by atoms with Crippen LogP contribution in [0.5, 0.6) is 5.75 Å².